The zero-order chi connectivity index (χ0) is 20.5. The van der Waals surface area contributed by atoms with Crippen LogP contribution in [-0.4, -0.2) is 29.3 Å². The van der Waals surface area contributed by atoms with E-state index in [1.54, 1.807) is 25.1 Å². The summed E-state index contributed by atoms with van der Waals surface area (Å²) in [6, 6.07) is 13.4. The molecule has 0 heterocycles. The molecule has 0 saturated heterocycles. The number of benzene rings is 2. The van der Waals surface area contributed by atoms with Crippen molar-refractivity contribution in [2.75, 3.05) is 6.54 Å². The van der Waals surface area contributed by atoms with Crippen molar-refractivity contribution in [1.82, 2.24) is 10.2 Å². The van der Waals surface area contributed by atoms with Gasteiger partial charge in [-0.1, -0.05) is 61.4 Å². The van der Waals surface area contributed by atoms with Crippen LogP contribution in [-0.2, 0) is 22.6 Å². The van der Waals surface area contributed by atoms with Crippen LogP contribution in [0, 0.1) is 12.7 Å². The predicted molar refractivity (Wildman–Crippen MR) is 109 cm³/mol. The topological polar surface area (TPSA) is 49.4 Å². The molecule has 0 spiro atoms. The molecule has 0 aromatic heterocycles. The fraction of sp³-hybridized carbons (Fsp3) is 0.391. The van der Waals surface area contributed by atoms with Crippen molar-refractivity contribution in [2.45, 2.75) is 52.6 Å². The molecule has 2 amide bonds. The molecule has 28 heavy (non-hydrogen) atoms. The molecule has 0 aliphatic heterocycles. The Hall–Kier alpha value is -2.69. The summed E-state index contributed by atoms with van der Waals surface area (Å²) in [5.41, 5.74) is 2.38. The molecule has 0 radical (unpaired) electrons. The van der Waals surface area contributed by atoms with Crippen LogP contribution in [0.1, 0.15) is 43.4 Å². The number of amides is 2. The number of unbranched alkanes of at least 4 members (excludes halogenated alkanes) is 1. The fourth-order valence-corrected chi connectivity index (χ4v) is 2.91. The molecule has 0 fully saturated rings. The number of nitrogens with zero attached hydrogens (tertiary/aromatic N) is 1. The van der Waals surface area contributed by atoms with Gasteiger partial charge >= 0.3 is 0 Å². The molecule has 5 heteroatoms. The highest BCUT2D eigenvalue weighted by Crippen LogP contribution is 2.15. The third-order valence-electron chi connectivity index (χ3n) is 4.77. The largest absolute Gasteiger partial charge is 0.354 e. The van der Waals surface area contributed by atoms with E-state index >= 15 is 0 Å². The Balaban J connectivity index is 2.19. The van der Waals surface area contributed by atoms with Crippen LogP contribution in [0.15, 0.2) is 48.5 Å². The van der Waals surface area contributed by atoms with Gasteiger partial charge in [-0.3, -0.25) is 9.59 Å². The van der Waals surface area contributed by atoms with E-state index in [2.05, 4.69) is 5.32 Å². The molecular weight excluding hydrogens is 355 g/mol. The first-order chi connectivity index (χ1) is 13.4. The number of carbonyl (C=O) groups excluding carboxylic acids is 2. The summed E-state index contributed by atoms with van der Waals surface area (Å²) < 4.78 is 14.2. The van der Waals surface area contributed by atoms with Gasteiger partial charge in [-0.05, 0) is 31.9 Å². The van der Waals surface area contributed by atoms with E-state index in [1.807, 2.05) is 38.1 Å². The standard InChI is InChI=1S/C23H29FN2O2/c1-4-5-14-25-23(28)18(3)26(16-20-8-6-7-9-21(20)24)22(27)15-19-12-10-17(2)11-13-19/h6-13,18H,4-5,14-16H2,1-3H3,(H,25,28)/t18-/m1/s1. The molecule has 0 aliphatic carbocycles. The highest BCUT2D eigenvalue weighted by atomic mass is 19.1. The normalized spacial score (nSPS) is 11.7. The van der Waals surface area contributed by atoms with Gasteiger partial charge in [0.1, 0.15) is 11.9 Å². The minimum absolute atomic E-state index is 0.0553. The maximum atomic E-state index is 14.2. The lowest BCUT2D eigenvalue weighted by atomic mass is 10.1. The maximum Gasteiger partial charge on any atom is 0.242 e. The Labute approximate surface area is 166 Å². The van der Waals surface area contributed by atoms with Gasteiger partial charge < -0.3 is 10.2 Å². The summed E-state index contributed by atoms with van der Waals surface area (Å²) in [6.07, 6.45) is 2.02. The average Bonchev–Trinajstić information content (AvgIpc) is 2.68. The van der Waals surface area contributed by atoms with E-state index in [-0.39, 0.29) is 30.6 Å². The van der Waals surface area contributed by atoms with Gasteiger partial charge in [-0.2, -0.15) is 0 Å². The number of rotatable bonds is 9. The average molecular weight is 384 g/mol. The first-order valence-electron chi connectivity index (χ1n) is 9.78. The third kappa shape index (κ3) is 6.19. The number of hydrogen-bond acceptors (Lipinski definition) is 2. The predicted octanol–water partition coefficient (Wildman–Crippen LogP) is 4.01. The van der Waals surface area contributed by atoms with Crippen LogP contribution in [0.25, 0.3) is 0 Å². The van der Waals surface area contributed by atoms with Gasteiger partial charge in [0.05, 0.1) is 6.42 Å². The number of carbonyl (C=O) groups is 2. The van der Waals surface area contributed by atoms with Crippen molar-refractivity contribution in [3.63, 3.8) is 0 Å². The summed E-state index contributed by atoms with van der Waals surface area (Å²) in [5.74, 6) is -0.804. The number of nitrogens with one attached hydrogen (secondary N) is 1. The minimum Gasteiger partial charge on any atom is -0.354 e. The van der Waals surface area contributed by atoms with Crippen molar-refractivity contribution in [3.05, 3.63) is 71.0 Å². The van der Waals surface area contributed by atoms with E-state index in [0.29, 0.717) is 12.1 Å². The highest BCUT2D eigenvalue weighted by Gasteiger charge is 2.26. The second-order valence-electron chi connectivity index (χ2n) is 7.10. The number of halogens is 1. The van der Waals surface area contributed by atoms with Crippen LogP contribution in [0.3, 0.4) is 0 Å². The summed E-state index contributed by atoms with van der Waals surface area (Å²) >= 11 is 0. The van der Waals surface area contributed by atoms with E-state index in [1.165, 1.54) is 11.0 Å². The molecule has 1 atom stereocenters. The quantitative estimate of drug-likeness (QED) is 0.664. The van der Waals surface area contributed by atoms with Crippen molar-refractivity contribution >= 4 is 11.8 Å². The summed E-state index contributed by atoms with van der Waals surface area (Å²) in [5, 5.41) is 2.86. The first kappa shape index (κ1) is 21.6. The Kier molecular flexibility index (Phi) is 8.18. The lowest BCUT2D eigenvalue weighted by Crippen LogP contribution is -2.48. The van der Waals surface area contributed by atoms with Gasteiger partial charge in [0, 0.05) is 18.7 Å². The minimum atomic E-state index is -0.686. The SMILES string of the molecule is CCCCNC(=O)[C@@H](C)N(Cc1ccccc1F)C(=O)Cc1ccc(C)cc1. The molecule has 150 valence electrons. The van der Waals surface area contributed by atoms with Crippen LogP contribution in [0.4, 0.5) is 4.39 Å². The Morgan fingerprint density at radius 3 is 2.43 bits per heavy atom. The summed E-state index contributed by atoms with van der Waals surface area (Å²) in [4.78, 5) is 27.0. The van der Waals surface area contributed by atoms with E-state index in [4.69, 9.17) is 0 Å². The molecule has 2 aromatic carbocycles. The molecular formula is C23H29FN2O2. The monoisotopic (exact) mass is 384 g/mol. The lowest BCUT2D eigenvalue weighted by Gasteiger charge is -2.29. The van der Waals surface area contributed by atoms with Crippen LogP contribution in [0.2, 0.25) is 0 Å². The molecule has 0 bridgehead atoms. The van der Waals surface area contributed by atoms with Crippen molar-refractivity contribution in [3.8, 4) is 0 Å². The molecule has 1 N–H and O–H groups in total. The Bertz CT molecular complexity index is 789. The Morgan fingerprint density at radius 1 is 1.11 bits per heavy atom. The van der Waals surface area contributed by atoms with Gasteiger partial charge in [0.25, 0.3) is 0 Å². The molecule has 0 unspecified atom stereocenters. The lowest BCUT2D eigenvalue weighted by molar-refractivity contribution is -0.140. The highest BCUT2D eigenvalue weighted by molar-refractivity contribution is 5.88. The van der Waals surface area contributed by atoms with Gasteiger partial charge in [0.15, 0.2) is 0 Å². The second-order valence-corrected chi connectivity index (χ2v) is 7.10. The molecule has 2 rings (SSSR count). The van der Waals surface area contributed by atoms with E-state index < -0.39 is 6.04 Å². The van der Waals surface area contributed by atoms with E-state index in [9.17, 15) is 14.0 Å². The van der Waals surface area contributed by atoms with Crippen LogP contribution >= 0.6 is 0 Å². The third-order valence-corrected chi connectivity index (χ3v) is 4.77. The van der Waals surface area contributed by atoms with Gasteiger partial charge in [0.2, 0.25) is 11.8 Å². The maximum absolute atomic E-state index is 14.2. The van der Waals surface area contributed by atoms with Gasteiger partial charge in [-0.15, -0.1) is 0 Å². The van der Waals surface area contributed by atoms with Crippen molar-refractivity contribution in [1.29, 1.82) is 0 Å². The summed E-state index contributed by atoms with van der Waals surface area (Å²) in [7, 11) is 0. The fourth-order valence-electron chi connectivity index (χ4n) is 2.91. The van der Waals surface area contributed by atoms with Gasteiger partial charge in [-0.25, -0.2) is 4.39 Å². The molecule has 2 aromatic rings. The van der Waals surface area contributed by atoms with Crippen LogP contribution in [0.5, 0.6) is 0 Å². The summed E-state index contributed by atoms with van der Waals surface area (Å²) in [6.45, 7) is 6.35. The zero-order valence-corrected chi connectivity index (χ0v) is 16.9. The zero-order valence-electron chi connectivity index (χ0n) is 16.9. The van der Waals surface area contributed by atoms with E-state index in [0.717, 1.165) is 24.0 Å². The molecule has 4 nitrogen and oxygen atoms in total. The van der Waals surface area contributed by atoms with Crippen molar-refractivity contribution < 1.29 is 14.0 Å². The first-order valence-corrected chi connectivity index (χ1v) is 9.78. The Morgan fingerprint density at radius 2 is 1.79 bits per heavy atom. The smallest absolute Gasteiger partial charge is 0.242 e. The molecule has 0 saturated carbocycles. The van der Waals surface area contributed by atoms with Crippen LogP contribution < -0.4 is 5.32 Å². The number of aryl methyl sites for hydroxylation is 1. The number of hydrogen-bond donors (Lipinski definition) is 1. The van der Waals surface area contributed by atoms with Crippen molar-refractivity contribution in [2.24, 2.45) is 0 Å². The second kappa shape index (κ2) is 10.6. The molecule has 0 aliphatic rings.